The van der Waals surface area contributed by atoms with Crippen LogP contribution >= 0.6 is 15.9 Å². The number of rotatable bonds is 9. The fourth-order valence-corrected chi connectivity index (χ4v) is 2.61. The number of hydrogen-bond donors (Lipinski definition) is 0. The monoisotopic (exact) mass is 345 g/mol. The van der Waals surface area contributed by atoms with Crippen LogP contribution in [0.5, 0.6) is 0 Å². The number of halogens is 1. The van der Waals surface area contributed by atoms with Gasteiger partial charge in [-0.25, -0.2) is 4.68 Å². The standard InChI is InChI=1S/C14H24BrN3O2/c1-12(4-6-15)5-7-18-14(19)10-13(11-16-18)17(2)8-9-20-3/h10-12H,4-9H2,1-3H3. The Morgan fingerprint density at radius 2 is 2.25 bits per heavy atom. The third-order valence-electron chi connectivity index (χ3n) is 3.36. The lowest BCUT2D eigenvalue weighted by Gasteiger charge is -2.18. The summed E-state index contributed by atoms with van der Waals surface area (Å²) in [5.74, 6) is 0.590. The van der Waals surface area contributed by atoms with Crippen LogP contribution in [0.1, 0.15) is 19.8 Å². The molecule has 0 aliphatic rings. The van der Waals surface area contributed by atoms with E-state index in [0.717, 1.165) is 30.4 Å². The second-order valence-corrected chi connectivity index (χ2v) is 5.85. The minimum Gasteiger partial charge on any atom is -0.383 e. The van der Waals surface area contributed by atoms with Gasteiger partial charge < -0.3 is 9.64 Å². The summed E-state index contributed by atoms with van der Waals surface area (Å²) in [7, 11) is 3.59. The second-order valence-electron chi connectivity index (χ2n) is 5.06. The van der Waals surface area contributed by atoms with E-state index in [0.29, 0.717) is 19.1 Å². The highest BCUT2D eigenvalue weighted by Crippen LogP contribution is 2.10. The van der Waals surface area contributed by atoms with Crippen molar-refractivity contribution in [3.8, 4) is 0 Å². The van der Waals surface area contributed by atoms with E-state index in [9.17, 15) is 4.79 Å². The Kier molecular flexibility index (Phi) is 7.84. The van der Waals surface area contributed by atoms with E-state index in [1.165, 1.54) is 0 Å². The lowest BCUT2D eigenvalue weighted by molar-refractivity contribution is 0.206. The van der Waals surface area contributed by atoms with Gasteiger partial charge in [0.1, 0.15) is 0 Å². The molecule has 5 nitrogen and oxygen atoms in total. The van der Waals surface area contributed by atoms with Gasteiger partial charge >= 0.3 is 0 Å². The van der Waals surface area contributed by atoms with Crippen LogP contribution in [0.25, 0.3) is 0 Å². The Hall–Kier alpha value is -0.880. The first-order valence-corrected chi connectivity index (χ1v) is 8.03. The van der Waals surface area contributed by atoms with Crippen molar-refractivity contribution in [3.63, 3.8) is 0 Å². The van der Waals surface area contributed by atoms with Crippen LogP contribution in [0.15, 0.2) is 17.1 Å². The van der Waals surface area contributed by atoms with Gasteiger partial charge in [0.05, 0.1) is 18.5 Å². The molecule has 1 atom stereocenters. The van der Waals surface area contributed by atoms with Gasteiger partial charge in [0.15, 0.2) is 0 Å². The average Bonchev–Trinajstić information content (AvgIpc) is 2.43. The van der Waals surface area contributed by atoms with Crippen LogP contribution < -0.4 is 10.5 Å². The first-order chi connectivity index (χ1) is 9.58. The van der Waals surface area contributed by atoms with Crippen molar-refractivity contribution in [1.29, 1.82) is 0 Å². The molecule has 0 radical (unpaired) electrons. The molecule has 0 saturated heterocycles. The van der Waals surface area contributed by atoms with E-state index in [2.05, 4.69) is 28.0 Å². The quantitative estimate of drug-likeness (QED) is 0.643. The number of likely N-dealkylation sites (N-methyl/N-ethyl adjacent to an activating group) is 1. The summed E-state index contributed by atoms with van der Waals surface area (Å²) < 4.78 is 6.57. The smallest absolute Gasteiger partial charge is 0.268 e. The number of aryl methyl sites for hydroxylation is 1. The lowest BCUT2D eigenvalue weighted by Crippen LogP contribution is -2.28. The summed E-state index contributed by atoms with van der Waals surface area (Å²) in [6, 6.07) is 1.64. The average molecular weight is 346 g/mol. The van der Waals surface area contributed by atoms with Crippen LogP contribution in [0.4, 0.5) is 5.69 Å². The first-order valence-electron chi connectivity index (χ1n) is 6.91. The molecule has 1 aromatic rings. The number of aromatic nitrogens is 2. The van der Waals surface area contributed by atoms with E-state index in [1.807, 2.05) is 11.9 Å². The molecule has 0 N–H and O–H groups in total. The second kappa shape index (κ2) is 9.13. The number of methoxy groups -OCH3 is 1. The molecule has 20 heavy (non-hydrogen) atoms. The van der Waals surface area contributed by atoms with E-state index in [-0.39, 0.29) is 5.56 Å². The number of anilines is 1. The molecule has 1 aromatic heterocycles. The predicted octanol–water partition coefficient (Wildman–Crippen LogP) is 2.14. The SMILES string of the molecule is COCCN(C)c1cnn(CCC(C)CCBr)c(=O)c1. The summed E-state index contributed by atoms with van der Waals surface area (Å²) in [6.07, 6.45) is 3.83. The molecular weight excluding hydrogens is 322 g/mol. The van der Waals surface area contributed by atoms with Gasteiger partial charge in [0.2, 0.25) is 0 Å². The van der Waals surface area contributed by atoms with Crippen molar-refractivity contribution in [2.75, 3.05) is 37.5 Å². The number of alkyl halides is 1. The van der Waals surface area contributed by atoms with Gasteiger partial charge in [-0.1, -0.05) is 22.9 Å². The topological polar surface area (TPSA) is 47.4 Å². The van der Waals surface area contributed by atoms with Gasteiger partial charge in [-0.3, -0.25) is 4.79 Å². The van der Waals surface area contributed by atoms with Crippen LogP contribution in [-0.4, -0.2) is 42.4 Å². The largest absolute Gasteiger partial charge is 0.383 e. The Morgan fingerprint density at radius 3 is 2.85 bits per heavy atom. The Morgan fingerprint density at radius 1 is 1.50 bits per heavy atom. The molecule has 0 spiro atoms. The van der Waals surface area contributed by atoms with Gasteiger partial charge in [-0.2, -0.15) is 5.10 Å². The van der Waals surface area contributed by atoms with Crippen LogP contribution in [-0.2, 0) is 11.3 Å². The van der Waals surface area contributed by atoms with Crippen molar-refractivity contribution in [3.05, 3.63) is 22.6 Å². The molecule has 1 heterocycles. The van der Waals surface area contributed by atoms with Crippen LogP contribution in [0.3, 0.4) is 0 Å². The number of nitrogens with zero attached hydrogens (tertiary/aromatic N) is 3. The highest BCUT2D eigenvalue weighted by Gasteiger charge is 2.06. The Labute approximate surface area is 129 Å². The molecule has 0 fully saturated rings. The predicted molar refractivity (Wildman–Crippen MR) is 85.8 cm³/mol. The number of ether oxygens (including phenoxy) is 1. The van der Waals surface area contributed by atoms with Gasteiger partial charge in [-0.15, -0.1) is 0 Å². The fraction of sp³-hybridized carbons (Fsp3) is 0.714. The summed E-state index contributed by atoms with van der Waals surface area (Å²) >= 11 is 3.44. The molecule has 0 bridgehead atoms. The van der Waals surface area contributed by atoms with E-state index < -0.39 is 0 Å². The zero-order chi connectivity index (χ0) is 15.0. The van der Waals surface area contributed by atoms with E-state index >= 15 is 0 Å². The zero-order valence-corrected chi connectivity index (χ0v) is 14.1. The molecule has 0 aliphatic heterocycles. The summed E-state index contributed by atoms with van der Waals surface area (Å²) in [6.45, 7) is 4.24. The lowest BCUT2D eigenvalue weighted by atomic mass is 10.1. The van der Waals surface area contributed by atoms with Crippen molar-refractivity contribution in [2.24, 2.45) is 5.92 Å². The first kappa shape index (κ1) is 17.2. The molecular formula is C14H24BrN3O2. The Bertz CT molecular complexity index is 450. The number of hydrogen-bond acceptors (Lipinski definition) is 4. The van der Waals surface area contributed by atoms with Crippen molar-refractivity contribution in [1.82, 2.24) is 9.78 Å². The van der Waals surface area contributed by atoms with Crippen LogP contribution in [0, 0.1) is 5.92 Å². The third kappa shape index (κ3) is 5.63. The molecule has 114 valence electrons. The van der Waals surface area contributed by atoms with Gasteiger partial charge in [0.25, 0.3) is 5.56 Å². The fourth-order valence-electron chi connectivity index (χ4n) is 1.83. The van der Waals surface area contributed by atoms with Gasteiger partial charge in [0, 0.05) is 38.6 Å². The van der Waals surface area contributed by atoms with E-state index in [4.69, 9.17) is 4.74 Å². The maximum Gasteiger partial charge on any atom is 0.268 e. The summed E-state index contributed by atoms with van der Waals surface area (Å²) in [5, 5.41) is 5.25. The molecule has 6 heteroatoms. The maximum absolute atomic E-state index is 12.0. The molecule has 1 unspecified atom stereocenters. The minimum atomic E-state index is -0.0437. The molecule has 1 rings (SSSR count). The summed E-state index contributed by atoms with van der Waals surface area (Å²) in [4.78, 5) is 14.0. The summed E-state index contributed by atoms with van der Waals surface area (Å²) in [5.41, 5.74) is 0.787. The van der Waals surface area contributed by atoms with Crippen molar-refractivity contribution < 1.29 is 4.74 Å². The third-order valence-corrected chi connectivity index (χ3v) is 3.82. The van der Waals surface area contributed by atoms with Crippen LogP contribution in [0.2, 0.25) is 0 Å². The van der Waals surface area contributed by atoms with Crippen molar-refractivity contribution >= 4 is 21.6 Å². The molecule has 0 aliphatic carbocycles. The van der Waals surface area contributed by atoms with Gasteiger partial charge in [-0.05, 0) is 18.8 Å². The molecule has 0 aromatic carbocycles. The Balaban J connectivity index is 2.61. The normalized spacial score (nSPS) is 12.4. The van der Waals surface area contributed by atoms with Crippen molar-refractivity contribution in [2.45, 2.75) is 26.3 Å². The highest BCUT2D eigenvalue weighted by atomic mass is 79.9. The molecule has 0 saturated carbocycles. The minimum absolute atomic E-state index is 0.0437. The highest BCUT2D eigenvalue weighted by molar-refractivity contribution is 9.09. The zero-order valence-electron chi connectivity index (χ0n) is 12.5. The van der Waals surface area contributed by atoms with E-state index in [1.54, 1.807) is 24.1 Å². The maximum atomic E-state index is 12.0. The molecule has 0 amide bonds.